The number of aryl methyl sites for hydroxylation is 1. The van der Waals surface area contributed by atoms with Crippen LogP contribution in [0.15, 0.2) is 12.1 Å². The predicted octanol–water partition coefficient (Wildman–Crippen LogP) is 3.67. The summed E-state index contributed by atoms with van der Waals surface area (Å²) < 4.78 is 42.9. The van der Waals surface area contributed by atoms with E-state index >= 15 is 0 Å². The number of carbonyl (C=O) groups excluding carboxylic acids is 1. The first-order valence-corrected chi connectivity index (χ1v) is 5.56. The molecule has 19 heavy (non-hydrogen) atoms. The molecule has 0 aliphatic rings. The van der Waals surface area contributed by atoms with Crippen molar-refractivity contribution < 1.29 is 27.8 Å². The number of ether oxygens (including phenoxy) is 1. The number of benzene rings is 1. The second-order valence-corrected chi connectivity index (χ2v) is 5.15. The molecular formula is C13H15F3O3. The zero-order chi connectivity index (χ0) is 15.0. The molecule has 0 aromatic heterocycles. The van der Waals surface area contributed by atoms with Crippen molar-refractivity contribution in [2.45, 2.75) is 39.5 Å². The lowest BCUT2D eigenvalue weighted by atomic mass is 10.0. The third-order valence-electron chi connectivity index (χ3n) is 2.29. The van der Waals surface area contributed by atoms with Crippen LogP contribution >= 0.6 is 0 Å². The number of halogens is 3. The zero-order valence-electron chi connectivity index (χ0n) is 11.1. The van der Waals surface area contributed by atoms with E-state index in [1.165, 1.54) is 6.92 Å². The predicted molar refractivity (Wildman–Crippen MR) is 63.0 cm³/mol. The van der Waals surface area contributed by atoms with Gasteiger partial charge < -0.3 is 9.84 Å². The van der Waals surface area contributed by atoms with Crippen LogP contribution in [0.25, 0.3) is 0 Å². The SMILES string of the molecule is Cc1ccc(C(F)(F)F)c(O)c1C(=O)OC(C)(C)C. The van der Waals surface area contributed by atoms with Crippen molar-refractivity contribution in [1.82, 2.24) is 0 Å². The van der Waals surface area contributed by atoms with E-state index in [0.717, 1.165) is 12.1 Å². The van der Waals surface area contributed by atoms with Gasteiger partial charge in [-0.2, -0.15) is 13.2 Å². The van der Waals surface area contributed by atoms with Gasteiger partial charge in [0.1, 0.15) is 16.9 Å². The molecule has 0 unspecified atom stereocenters. The van der Waals surface area contributed by atoms with Gasteiger partial charge in [-0.05, 0) is 39.3 Å². The molecule has 0 fully saturated rings. The molecule has 1 rings (SSSR count). The summed E-state index contributed by atoms with van der Waals surface area (Å²) in [5, 5.41) is 9.65. The van der Waals surface area contributed by atoms with Gasteiger partial charge in [0.25, 0.3) is 0 Å². The smallest absolute Gasteiger partial charge is 0.419 e. The van der Waals surface area contributed by atoms with Crippen LogP contribution in [0.3, 0.4) is 0 Å². The fourth-order valence-electron chi connectivity index (χ4n) is 1.51. The van der Waals surface area contributed by atoms with E-state index < -0.39 is 34.6 Å². The Kier molecular flexibility index (Phi) is 3.84. The third kappa shape index (κ3) is 3.62. The molecule has 0 aliphatic heterocycles. The van der Waals surface area contributed by atoms with E-state index in [1.54, 1.807) is 20.8 Å². The largest absolute Gasteiger partial charge is 0.506 e. The molecule has 3 nitrogen and oxygen atoms in total. The van der Waals surface area contributed by atoms with Gasteiger partial charge in [-0.3, -0.25) is 0 Å². The lowest BCUT2D eigenvalue weighted by Gasteiger charge is -2.21. The van der Waals surface area contributed by atoms with Gasteiger partial charge in [0.2, 0.25) is 0 Å². The van der Waals surface area contributed by atoms with E-state index in [-0.39, 0.29) is 5.56 Å². The molecule has 6 heteroatoms. The Bertz CT molecular complexity index is 499. The molecule has 0 saturated carbocycles. The summed E-state index contributed by atoms with van der Waals surface area (Å²) in [4.78, 5) is 11.8. The molecule has 0 saturated heterocycles. The Labute approximate surface area is 109 Å². The number of hydrogen-bond acceptors (Lipinski definition) is 3. The van der Waals surface area contributed by atoms with Crippen LogP contribution in [0.4, 0.5) is 13.2 Å². The average molecular weight is 276 g/mol. The lowest BCUT2D eigenvalue weighted by Crippen LogP contribution is -2.24. The van der Waals surface area contributed by atoms with E-state index in [9.17, 15) is 23.1 Å². The Morgan fingerprint density at radius 2 is 1.74 bits per heavy atom. The van der Waals surface area contributed by atoms with Gasteiger partial charge in [0.15, 0.2) is 0 Å². The summed E-state index contributed by atoms with van der Waals surface area (Å²) in [5.74, 6) is -2.07. The molecule has 0 spiro atoms. The second kappa shape index (κ2) is 4.75. The maximum Gasteiger partial charge on any atom is 0.419 e. The summed E-state index contributed by atoms with van der Waals surface area (Å²) in [7, 11) is 0. The van der Waals surface area contributed by atoms with Crippen molar-refractivity contribution in [1.29, 1.82) is 0 Å². The number of rotatable bonds is 1. The van der Waals surface area contributed by atoms with Gasteiger partial charge in [-0.1, -0.05) is 6.07 Å². The molecule has 106 valence electrons. The van der Waals surface area contributed by atoms with Gasteiger partial charge >= 0.3 is 12.1 Å². The second-order valence-electron chi connectivity index (χ2n) is 5.15. The molecule has 1 aromatic carbocycles. The molecule has 0 aliphatic carbocycles. The quantitative estimate of drug-likeness (QED) is 0.796. The maximum atomic E-state index is 12.6. The molecule has 0 radical (unpaired) electrons. The fourth-order valence-corrected chi connectivity index (χ4v) is 1.51. The molecular weight excluding hydrogens is 261 g/mol. The monoisotopic (exact) mass is 276 g/mol. The normalized spacial score (nSPS) is 12.4. The van der Waals surface area contributed by atoms with Crippen LogP contribution in [-0.2, 0) is 10.9 Å². The lowest BCUT2D eigenvalue weighted by molar-refractivity contribution is -0.138. The van der Waals surface area contributed by atoms with Crippen LogP contribution in [0.1, 0.15) is 42.3 Å². The van der Waals surface area contributed by atoms with Crippen LogP contribution < -0.4 is 0 Å². The number of hydrogen-bond donors (Lipinski definition) is 1. The van der Waals surface area contributed by atoms with E-state index in [2.05, 4.69) is 0 Å². The van der Waals surface area contributed by atoms with E-state index in [1.807, 2.05) is 0 Å². The Hall–Kier alpha value is -1.72. The zero-order valence-corrected chi connectivity index (χ0v) is 11.1. The molecule has 0 heterocycles. The van der Waals surface area contributed by atoms with Gasteiger partial charge in [-0.15, -0.1) is 0 Å². The number of aromatic hydroxyl groups is 1. The Morgan fingerprint density at radius 1 is 1.21 bits per heavy atom. The maximum absolute atomic E-state index is 12.6. The Balaban J connectivity index is 3.32. The summed E-state index contributed by atoms with van der Waals surface area (Å²) >= 11 is 0. The summed E-state index contributed by atoms with van der Waals surface area (Å²) in [6.45, 7) is 6.19. The first kappa shape index (κ1) is 15.3. The summed E-state index contributed by atoms with van der Waals surface area (Å²) in [6.07, 6.45) is -4.73. The minimum Gasteiger partial charge on any atom is -0.506 e. The number of carbonyl (C=O) groups is 1. The van der Waals surface area contributed by atoms with E-state index in [0.29, 0.717) is 0 Å². The highest BCUT2D eigenvalue weighted by atomic mass is 19.4. The first-order valence-electron chi connectivity index (χ1n) is 5.56. The highest BCUT2D eigenvalue weighted by Gasteiger charge is 2.36. The minimum absolute atomic E-state index is 0.222. The van der Waals surface area contributed by atoms with Crippen LogP contribution in [0, 0.1) is 6.92 Å². The third-order valence-corrected chi connectivity index (χ3v) is 2.29. The molecule has 0 atom stereocenters. The van der Waals surface area contributed by atoms with Crippen molar-refractivity contribution in [3.05, 3.63) is 28.8 Å². The number of phenols is 1. The minimum atomic E-state index is -4.73. The van der Waals surface area contributed by atoms with Crippen LogP contribution in [0.5, 0.6) is 5.75 Å². The Morgan fingerprint density at radius 3 is 2.16 bits per heavy atom. The van der Waals surface area contributed by atoms with Crippen molar-refractivity contribution in [2.24, 2.45) is 0 Å². The van der Waals surface area contributed by atoms with Crippen molar-refractivity contribution >= 4 is 5.97 Å². The summed E-state index contributed by atoms with van der Waals surface area (Å²) in [6, 6.07) is 1.86. The highest BCUT2D eigenvalue weighted by Crippen LogP contribution is 2.39. The van der Waals surface area contributed by atoms with Crippen LogP contribution in [0.2, 0.25) is 0 Å². The molecule has 0 amide bonds. The van der Waals surface area contributed by atoms with Gasteiger partial charge in [0, 0.05) is 0 Å². The standard InChI is InChI=1S/C13H15F3O3/c1-7-5-6-8(13(14,15)16)10(17)9(7)11(18)19-12(2,3)4/h5-6,17H,1-4H3. The highest BCUT2D eigenvalue weighted by molar-refractivity contribution is 5.94. The van der Waals surface area contributed by atoms with Crippen LogP contribution in [-0.4, -0.2) is 16.7 Å². The topological polar surface area (TPSA) is 46.5 Å². The fraction of sp³-hybridized carbons (Fsp3) is 0.462. The number of alkyl halides is 3. The number of esters is 1. The van der Waals surface area contributed by atoms with Crippen molar-refractivity contribution in [2.75, 3.05) is 0 Å². The average Bonchev–Trinajstić information content (AvgIpc) is 2.11. The van der Waals surface area contributed by atoms with Crippen molar-refractivity contribution in [3.8, 4) is 5.75 Å². The molecule has 1 aromatic rings. The van der Waals surface area contributed by atoms with Gasteiger partial charge in [0.05, 0.1) is 5.56 Å². The number of phenolic OH excluding ortho intramolecular Hbond substituents is 1. The summed E-state index contributed by atoms with van der Waals surface area (Å²) in [5.41, 5.74) is -2.34. The first-order chi connectivity index (χ1) is 8.43. The van der Waals surface area contributed by atoms with Gasteiger partial charge in [-0.25, -0.2) is 4.79 Å². The van der Waals surface area contributed by atoms with Crippen molar-refractivity contribution in [3.63, 3.8) is 0 Å². The van der Waals surface area contributed by atoms with E-state index in [4.69, 9.17) is 4.74 Å². The molecule has 0 bridgehead atoms. The molecule has 1 N–H and O–H groups in total.